The molecule has 1 aromatic carbocycles. The van der Waals surface area contributed by atoms with Crippen molar-refractivity contribution in [2.45, 2.75) is 56.9 Å². The van der Waals surface area contributed by atoms with E-state index in [2.05, 4.69) is 11.5 Å². The van der Waals surface area contributed by atoms with E-state index in [-0.39, 0.29) is 5.91 Å². The Morgan fingerprint density at radius 1 is 1.13 bits per heavy atom. The fraction of sp³-hybridized carbons (Fsp3) is 0.636. The number of aromatic nitrogens is 2. The maximum Gasteiger partial charge on any atom is 0.243 e. The number of hydrogen-bond donors (Lipinski definition) is 0. The molecule has 4 rings (SSSR count). The SMILES string of the molecule is CCCCn1c(CCC(=O)N2CCOCC2)nc2cc(S(=O)(=O)N3CCCC3)ccc21. The lowest BCUT2D eigenvalue weighted by Gasteiger charge is -2.26. The van der Waals surface area contributed by atoms with Gasteiger partial charge in [-0.05, 0) is 37.5 Å². The quantitative estimate of drug-likeness (QED) is 0.619. The maximum absolute atomic E-state index is 13.0. The number of ether oxygens (including phenoxy) is 1. The second kappa shape index (κ2) is 9.67. The van der Waals surface area contributed by atoms with Gasteiger partial charge in [-0.2, -0.15) is 4.31 Å². The minimum absolute atomic E-state index is 0.120. The molecule has 0 bridgehead atoms. The van der Waals surface area contributed by atoms with Crippen molar-refractivity contribution in [3.05, 3.63) is 24.0 Å². The molecule has 0 atom stereocenters. The third-order valence-corrected chi connectivity index (χ3v) is 8.06. The Morgan fingerprint density at radius 2 is 1.87 bits per heavy atom. The van der Waals surface area contributed by atoms with Crippen LogP contribution in [0.3, 0.4) is 0 Å². The topological polar surface area (TPSA) is 84.7 Å². The predicted molar refractivity (Wildman–Crippen MR) is 118 cm³/mol. The third-order valence-electron chi connectivity index (χ3n) is 6.16. The molecule has 0 radical (unpaired) electrons. The molecule has 2 saturated heterocycles. The summed E-state index contributed by atoms with van der Waals surface area (Å²) in [5, 5.41) is 0. The monoisotopic (exact) mass is 448 g/mol. The molecule has 0 aliphatic carbocycles. The first-order chi connectivity index (χ1) is 15.0. The van der Waals surface area contributed by atoms with E-state index in [4.69, 9.17) is 9.72 Å². The van der Waals surface area contributed by atoms with Crippen LogP contribution in [0.2, 0.25) is 0 Å². The first-order valence-corrected chi connectivity index (χ1v) is 12.8. The van der Waals surface area contributed by atoms with Crippen molar-refractivity contribution in [1.29, 1.82) is 0 Å². The van der Waals surface area contributed by atoms with E-state index in [1.807, 2.05) is 11.0 Å². The van der Waals surface area contributed by atoms with Crippen molar-refractivity contribution in [2.24, 2.45) is 0 Å². The van der Waals surface area contributed by atoms with Crippen LogP contribution in [0.4, 0.5) is 0 Å². The number of rotatable bonds is 8. The van der Waals surface area contributed by atoms with Gasteiger partial charge < -0.3 is 14.2 Å². The molecule has 2 aliphatic heterocycles. The molecule has 3 heterocycles. The van der Waals surface area contributed by atoms with E-state index >= 15 is 0 Å². The van der Waals surface area contributed by atoms with E-state index in [9.17, 15) is 13.2 Å². The van der Waals surface area contributed by atoms with Crippen LogP contribution in [0.5, 0.6) is 0 Å². The Hall–Kier alpha value is -1.97. The van der Waals surface area contributed by atoms with Crippen molar-refractivity contribution in [3.63, 3.8) is 0 Å². The van der Waals surface area contributed by atoms with Gasteiger partial charge in [-0.25, -0.2) is 13.4 Å². The number of sulfonamides is 1. The molecule has 8 nitrogen and oxygen atoms in total. The lowest BCUT2D eigenvalue weighted by molar-refractivity contribution is -0.135. The summed E-state index contributed by atoms with van der Waals surface area (Å²) in [6, 6.07) is 5.26. The summed E-state index contributed by atoms with van der Waals surface area (Å²) in [6.45, 7) is 6.59. The minimum Gasteiger partial charge on any atom is -0.378 e. The fourth-order valence-electron chi connectivity index (χ4n) is 4.34. The predicted octanol–water partition coefficient (Wildman–Crippen LogP) is 2.41. The highest BCUT2D eigenvalue weighted by molar-refractivity contribution is 7.89. The van der Waals surface area contributed by atoms with Gasteiger partial charge in [-0.15, -0.1) is 0 Å². The molecule has 9 heteroatoms. The van der Waals surface area contributed by atoms with Crippen molar-refractivity contribution in [1.82, 2.24) is 18.8 Å². The average molecular weight is 449 g/mol. The molecule has 170 valence electrons. The lowest BCUT2D eigenvalue weighted by atomic mass is 10.2. The number of carbonyl (C=O) groups excluding carboxylic acids is 1. The van der Waals surface area contributed by atoms with Gasteiger partial charge >= 0.3 is 0 Å². The molecule has 31 heavy (non-hydrogen) atoms. The number of carbonyl (C=O) groups is 1. The Morgan fingerprint density at radius 3 is 2.58 bits per heavy atom. The van der Waals surface area contributed by atoms with Crippen LogP contribution in [-0.4, -0.2) is 72.5 Å². The zero-order chi connectivity index (χ0) is 21.8. The van der Waals surface area contributed by atoms with Gasteiger partial charge in [0.2, 0.25) is 15.9 Å². The Labute approximate surface area is 184 Å². The summed E-state index contributed by atoms with van der Waals surface area (Å²) in [5.41, 5.74) is 1.62. The van der Waals surface area contributed by atoms with Gasteiger partial charge in [0.15, 0.2) is 0 Å². The molecule has 1 amide bonds. The number of morpholine rings is 1. The third kappa shape index (κ3) is 4.78. The summed E-state index contributed by atoms with van der Waals surface area (Å²) in [5.74, 6) is 0.968. The van der Waals surface area contributed by atoms with E-state index in [0.29, 0.717) is 62.6 Å². The highest BCUT2D eigenvalue weighted by Gasteiger charge is 2.28. The fourth-order valence-corrected chi connectivity index (χ4v) is 5.88. The molecule has 2 fully saturated rings. The van der Waals surface area contributed by atoms with Crippen molar-refractivity contribution in [2.75, 3.05) is 39.4 Å². The van der Waals surface area contributed by atoms with Crippen molar-refractivity contribution < 1.29 is 17.9 Å². The van der Waals surface area contributed by atoms with Gasteiger partial charge in [0, 0.05) is 45.6 Å². The zero-order valence-electron chi connectivity index (χ0n) is 18.3. The number of benzene rings is 1. The second-order valence-corrected chi connectivity index (χ2v) is 10.2. The molecule has 2 aromatic rings. The molecular weight excluding hydrogens is 416 g/mol. The molecule has 0 N–H and O–H groups in total. The number of amides is 1. The highest BCUT2D eigenvalue weighted by atomic mass is 32.2. The van der Waals surface area contributed by atoms with Gasteiger partial charge in [-0.1, -0.05) is 13.3 Å². The van der Waals surface area contributed by atoms with Crippen LogP contribution in [-0.2, 0) is 32.5 Å². The van der Waals surface area contributed by atoms with Crippen LogP contribution in [0.15, 0.2) is 23.1 Å². The maximum atomic E-state index is 13.0. The molecule has 0 spiro atoms. The van der Waals surface area contributed by atoms with Gasteiger partial charge in [0.05, 0.1) is 29.1 Å². The van der Waals surface area contributed by atoms with Crippen LogP contribution in [0.25, 0.3) is 11.0 Å². The molecule has 0 saturated carbocycles. The smallest absolute Gasteiger partial charge is 0.243 e. The highest BCUT2D eigenvalue weighted by Crippen LogP contribution is 2.26. The lowest BCUT2D eigenvalue weighted by Crippen LogP contribution is -2.40. The molecule has 1 aromatic heterocycles. The van der Waals surface area contributed by atoms with Crippen LogP contribution in [0.1, 0.15) is 44.9 Å². The molecular formula is C22H32N4O4S. The van der Waals surface area contributed by atoms with E-state index < -0.39 is 10.0 Å². The number of fused-ring (bicyclic) bond motifs is 1. The minimum atomic E-state index is -3.48. The Balaban J connectivity index is 1.58. The summed E-state index contributed by atoms with van der Waals surface area (Å²) in [7, 11) is -3.48. The summed E-state index contributed by atoms with van der Waals surface area (Å²) in [4.78, 5) is 19.5. The summed E-state index contributed by atoms with van der Waals surface area (Å²) in [6.07, 6.45) is 4.82. The number of unbranched alkanes of at least 4 members (excludes halogenated alkanes) is 1. The Kier molecular flexibility index (Phi) is 6.93. The number of imidazole rings is 1. The van der Waals surface area contributed by atoms with Crippen LogP contribution in [0, 0.1) is 0 Å². The second-order valence-electron chi connectivity index (χ2n) is 8.29. The van der Waals surface area contributed by atoms with Crippen molar-refractivity contribution >= 4 is 27.0 Å². The number of nitrogens with zero attached hydrogens (tertiary/aromatic N) is 4. The largest absolute Gasteiger partial charge is 0.378 e. The number of aryl methyl sites for hydroxylation is 2. The summed E-state index contributed by atoms with van der Waals surface area (Å²) >= 11 is 0. The van der Waals surface area contributed by atoms with Crippen molar-refractivity contribution in [3.8, 4) is 0 Å². The van der Waals surface area contributed by atoms with Crippen LogP contribution < -0.4 is 0 Å². The first kappa shape index (κ1) is 22.2. The van der Waals surface area contributed by atoms with E-state index in [1.165, 1.54) is 0 Å². The molecule has 0 unspecified atom stereocenters. The normalized spacial score (nSPS) is 18.2. The number of hydrogen-bond acceptors (Lipinski definition) is 5. The zero-order valence-corrected chi connectivity index (χ0v) is 19.1. The molecule has 2 aliphatic rings. The van der Waals surface area contributed by atoms with E-state index in [0.717, 1.165) is 43.6 Å². The Bertz CT molecular complexity index is 1020. The van der Waals surface area contributed by atoms with E-state index in [1.54, 1.807) is 16.4 Å². The van der Waals surface area contributed by atoms with Gasteiger partial charge in [0.1, 0.15) is 5.82 Å². The standard InChI is InChI=1S/C22H32N4O4S/c1-2-3-12-26-20-7-6-18(31(28,29)25-10-4-5-11-25)17-19(20)23-21(26)8-9-22(27)24-13-15-30-16-14-24/h6-7,17H,2-5,8-16H2,1H3. The van der Waals surface area contributed by atoms with Gasteiger partial charge in [0.25, 0.3) is 0 Å². The van der Waals surface area contributed by atoms with Gasteiger partial charge in [-0.3, -0.25) is 4.79 Å². The average Bonchev–Trinajstić information content (AvgIpc) is 3.45. The first-order valence-electron chi connectivity index (χ1n) is 11.4. The van der Waals surface area contributed by atoms with Crippen LogP contribution >= 0.6 is 0 Å². The summed E-state index contributed by atoms with van der Waals surface area (Å²) < 4.78 is 35.0.